The van der Waals surface area contributed by atoms with Gasteiger partial charge in [0.05, 0.1) is 0 Å². The molecule has 0 radical (unpaired) electrons. The van der Waals surface area contributed by atoms with Crippen LogP contribution in [0.2, 0.25) is 5.02 Å². The van der Waals surface area contributed by atoms with Gasteiger partial charge in [-0.25, -0.2) is 15.0 Å². The number of aromatic nitrogens is 3. The van der Waals surface area contributed by atoms with Gasteiger partial charge in [-0.2, -0.15) is 0 Å². The minimum atomic E-state index is -2.73. The van der Waals surface area contributed by atoms with Crippen LogP contribution in [0.1, 0.15) is 0 Å². The Morgan fingerprint density at radius 2 is 1.05 bits per heavy atom. The van der Waals surface area contributed by atoms with E-state index in [1.54, 1.807) is 0 Å². The van der Waals surface area contributed by atoms with Crippen LogP contribution in [0, 0.1) is 0 Å². The van der Waals surface area contributed by atoms with E-state index in [1.165, 1.54) is 0 Å². The Hall–Kier alpha value is -4.37. The molecule has 6 heteroatoms. The van der Waals surface area contributed by atoms with Crippen LogP contribution in [0.15, 0.2) is 121 Å². The van der Waals surface area contributed by atoms with Gasteiger partial charge in [-0.05, 0) is 47.1 Å². The SMILES string of the molecule is CP1(=O)c2ccccc2-c2ccc(-c3ccc(Cl)cc3-c3nc(-c4ccccc4)nc(-c4ccccc4)n3)cc21. The zero-order valence-corrected chi connectivity index (χ0v) is 23.3. The minimum Gasteiger partial charge on any atom is -0.314 e. The van der Waals surface area contributed by atoms with Crippen molar-refractivity contribution in [1.29, 1.82) is 0 Å². The summed E-state index contributed by atoms with van der Waals surface area (Å²) in [6.45, 7) is 1.86. The third-order valence-corrected chi connectivity index (χ3v) is 10.2. The third-order valence-electron chi connectivity index (χ3n) is 7.34. The first-order valence-electron chi connectivity index (χ1n) is 13.0. The minimum absolute atomic E-state index is 0.522. The lowest BCUT2D eigenvalue weighted by Gasteiger charge is -2.14. The van der Waals surface area contributed by atoms with Crippen molar-refractivity contribution in [3.05, 3.63) is 126 Å². The zero-order valence-electron chi connectivity index (χ0n) is 21.6. The lowest BCUT2D eigenvalue weighted by molar-refractivity contribution is 0.591. The molecule has 192 valence electrons. The van der Waals surface area contributed by atoms with Gasteiger partial charge in [0.25, 0.3) is 0 Å². The number of hydrogen-bond donors (Lipinski definition) is 0. The van der Waals surface area contributed by atoms with Gasteiger partial charge in [-0.3, -0.25) is 0 Å². The highest BCUT2D eigenvalue weighted by Gasteiger charge is 2.34. The highest BCUT2D eigenvalue weighted by atomic mass is 35.5. The second-order valence-corrected chi connectivity index (χ2v) is 13.1. The van der Waals surface area contributed by atoms with Gasteiger partial charge in [0.2, 0.25) is 0 Å². The number of halogens is 1. The molecule has 0 saturated carbocycles. The molecule has 0 saturated heterocycles. The highest BCUT2D eigenvalue weighted by molar-refractivity contribution is 7.79. The van der Waals surface area contributed by atoms with Crippen molar-refractivity contribution in [3.8, 4) is 56.4 Å². The van der Waals surface area contributed by atoms with Crippen molar-refractivity contribution in [3.63, 3.8) is 0 Å². The summed E-state index contributed by atoms with van der Waals surface area (Å²) in [6.07, 6.45) is 0. The molecule has 0 fully saturated rings. The Labute approximate surface area is 237 Å². The van der Waals surface area contributed by atoms with Crippen molar-refractivity contribution < 1.29 is 4.57 Å². The van der Waals surface area contributed by atoms with Crippen LogP contribution in [0.3, 0.4) is 0 Å². The second-order valence-electron chi connectivity index (χ2n) is 9.90. The first-order chi connectivity index (χ1) is 19.5. The summed E-state index contributed by atoms with van der Waals surface area (Å²) in [5.41, 5.74) is 6.49. The van der Waals surface area contributed by atoms with E-state index in [0.717, 1.165) is 49.6 Å². The molecule has 1 atom stereocenters. The Kier molecular flexibility index (Phi) is 5.96. The van der Waals surface area contributed by atoms with Crippen molar-refractivity contribution in [1.82, 2.24) is 15.0 Å². The topological polar surface area (TPSA) is 55.7 Å². The highest BCUT2D eigenvalue weighted by Crippen LogP contribution is 2.50. The van der Waals surface area contributed by atoms with Crippen molar-refractivity contribution >= 4 is 29.4 Å². The fraction of sp³-hybridized carbons (Fsp3) is 0.0294. The quantitative estimate of drug-likeness (QED) is 0.206. The maximum atomic E-state index is 14.0. The molecular weight excluding hydrogens is 533 g/mol. The number of nitrogens with zero attached hydrogens (tertiary/aromatic N) is 3. The Morgan fingerprint density at radius 3 is 1.73 bits per heavy atom. The molecule has 5 aromatic carbocycles. The molecule has 2 heterocycles. The van der Waals surface area contributed by atoms with E-state index < -0.39 is 7.14 Å². The van der Waals surface area contributed by atoms with E-state index in [1.807, 2.05) is 110 Å². The number of benzene rings is 5. The molecule has 7 rings (SSSR count). The average molecular weight is 556 g/mol. The van der Waals surface area contributed by atoms with Gasteiger partial charge in [-0.1, -0.05) is 115 Å². The molecule has 4 nitrogen and oxygen atoms in total. The van der Waals surface area contributed by atoms with Gasteiger partial charge < -0.3 is 4.57 Å². The molecule has 40 heavy (non-hydrogen) atoms. The van der Waals surface area contributed by atoms with E-state index in [9.17, 15) is 4.57 Å². The molecule has 0 spiro atoms. The molecule has 0 amide bonds. The monoisotopic (exact) mass is 555 g/mol. The van der Waals surface area contributed by atoms with Gasteiger partial charge in [0, 0.05) is 32.3 Å². The average Bonchev–Trinajstić information content (AvgIpc) is 3.24. The molecule has 6 aromatic rings. The maximum absolute atomic E-state index is 14.0. The smallest absolute Gasteiger partial charge is 0.164 e. The Morgan fingerprint density at radius 1 is 0.500 bits per heavy atom. The van der Waals surface area contributed by atoms with E-state index in [-0.39, 0.29) is 0 Å². The Balaban J connectivity index is 1.43. The predicted octanol–water partition coefficient (Wildman–Crippen LogP) is 8.12. The maximum Gasteiger partial charge on any atom is 0.164 e. The van der Waals surface area contributed by atoms with Crippen LogP contribution in [0.5, 0.6) is 0 Å². The van der Waals surface area contributed by atoms with Gasteiger partial charge in [0.1, 0.15) is 7.14 Å². The fourth-order valence-electron chi connectivity index (χ4n) is 5.37. The molecule has 0 aliphatic carbocycles. The third kappa shape index (κ3) is 4.17. The second kappa shape index (κ2) is 9.67. The van der Waals surface area contributed by atoms with E-state index in [0.29, 0.717) is 22.5 Å². The molecule has 1 aliphatic rings. The lowest BCUT2D eigenvalue weighted by Crippen LogP contribution is -2.08. The van der Waals surface area contributed by atoms with Crippen LogP contribution in [0.25, 0.3) is 56.4 Å². The summed E-state index contributed by atoms with van der Waals surface area (Å²) in [7, 11) is -2.73. The van der Waals surface area contributed by atoms with Crippen molar-refractivity contribution in [2.75, 3.05) is 6.66 Å². The predicted molar refractivity (Wildman–Crippen MR) is 165 cm³/mol. The van der Waals surface area contributed by atoms with Gasteiger partial charge in [0.15, 0.2) is 17.5 Å². The van der Waals surface area contributed by atoms with Gasteiger partial charge in [-0.15, -0.1) is 0 Å². The van der Waals surface area contributed by atoms with Crippen LogP contribution < -0.4 is 10.6 Å². The van der Waals surface area contributed by atoms with E-state index in [2.05, 4.69) is 18.2 Å². The number of fused-ring (bicyclic) bond motifs is 3. The normalized spacial score (nSPS) is 15.4. The molecule has 1 aromatic heterocycles. The van der Waals surface area contributed by atoms with Crippen LogP contribution in [-0.2, 0) is 4.57 Å². The molecule has 0 N–H and O–H groups in total. The molecule has 1 unspecified atom stereocenters. The zero-order chi connectivity index (χ0) is 27.3. The standard InChI is InChI=1S/C34H23ClN3OP/c1-40(39)30-15-9-8-14-27(30)28-18-16-24(20-31(28)40)26-19-17-25(35)21-29(26)34-37-32(22-10-4-2-5-11-22)36-33(38-34)23-12-6-3-7-13-23/h2-21H,1H3. The summed E-state index contributed by atoms with van der Waals surface area (Å²) >= 11 is 6.55. The fourth-order valence-corrected chi connectivity index (χ4v) is 7.86. The summed E-state index contributed by atoms with van der Waals surface area (Å²) < 4.78 is 14.0. The molecule has 0 bridgehead atoms. The van der Waals surface area contributed by atoms with Crippen LogP contribution in [-0.4, -0.2) is 21.6 Å². The van der Waals surface area contributed by atoms with Crippen LogP contribution >= 0.6 is 18.7 Å². The van der Waals surface area contributed by atoms with Crippen molar-refractivity contribution in [2.24, 2.45) is 0 Å². The largest absolute Gasteiger partial charge is 0.314 e. The van der Waals surface area contributed by atoms with Crippen LogP contribution in [0.4, 0.5) is 0 Å². The summed E-state index contributed by atoms with van der Waals surface area (Å²) in [5.74, 6) is 1.68. The first-order valence-corrected chi connectivity index (χ1v) is 15.5. The molecule has 1 aliphatic heterocycles. The summed E-state index contributed by atoms with van der Waals surface area (Å²) in [4.78, 5) is 14.7. The first kappa shape index (κ1) is 24.7. The van der Waals surface area contributed by atoms with Crippen molar-refractivity contribution in [2.45, 2.75) is 0 Å². The lowest BCUT2D eigenvalue weighted by atomic mass is 9.96. The van der Waals surface area contributed by atoms with E-state index in [4.69, 9.17) is 26.6 Å². The number of rotatable bonds is 4. The Bertz CT molecular complexity index is 1900. The summed E-state index contributed by atoms with van der Waals surface area (Å²) in [5, 5.41) is 2.37. The van der Waals surface area contributed by atoms with E-state index >= 15 is 0 Å². The van der Waals surface area contributed by atoms with Gasteiger partial charge >= 0.3 is 0 Å². The summed E-state index contributed by atoms with van der Waals surface area (Å²) in [6, 6.07) is 39.7. The molecular formula is C34H23ClN3OP. The number of hydrogen-bond acceptors (Lipinski definition) is 4.